The van der Waals surface area contributed by atoms with Crippen LogP contribution < -0.4 is 4.90 Å². The first-order chi connectivity index (χ1) is 14.0. The molecule has 152 valence electrons. The van der Waals surface area contributed by atoms with E-state index in [2.05, 4.69) is 34.1 Å². The van der Waals surface area contributed by atoms with E-state index in [-0.39, 0.29) is 5.91 Å². The lowest BCUT2D eigenvalue weighted by Gasteiger charge is -2.29. The molecule has 0 saturated carbocycles. The number of carbonyl (C=O) groups excluding carboxylic acids is 1. The van der Waals surface area contributed by atoms with Gasteiger partial charge in [0.15, 0.2) is 0 Å². The van der Waals surface area contributed by atoms with Gasteiger partial charge in [-0.15, -0.1) is 22.7 Å². The van der Waals surface area contributed by atoms with E-state index < -0.39 is 0 Å². The van der Waals surface area contributed by atoms with Crippen molar-refractivity contribution < 1.29 is 9.53 Å². The lowest BCUT2D eigenvalue weighted by atomic mass is 10.1. The Kier molecular flexibility index (Phi) is 6.20. The predicted molar refractivity (Wildman–Crippen MR) is 120 cm³/mol. The van der Waals surface area contributed by atoms with Crippen LogP contribution in [0.5, 0.6) is 0 Å². The fourth-order valence-electron chi connectivity index (χ4n) is 3.28. The van der Waals surface area contributed by atoms with Crippen LogP contribution in [0.4, 0.5) is 5.69 Å². The maximum absolute atomic E-state index is 13.0. The summed E-state index contributed by atoms with van der Waals surface area (Å²) in [5.74, 6) is -0.00819. The summed E-state index contributed by atoms with van der Waals surface area (Å²) in [6, 6.07) is 12.2. The molecule has 1 aliphatic heterocycles. The monoisotopic (exact) mass is 447 g/mol. The Balaban J connectivity index is 1.43. The summed E-state index contributed by atoms with van der Waals surface area (Å²) < 4.78 is 6.13. The average molecular weight is 448 g/mol. The molecule has 0 atom stereocenters. The van der Waals surface area contributed by atoms with E-state index in [1.165, 1.54) is 28.4 Å². The minimum absolute atomic E-state index is 0.00819. The van der Waals surface area contributed by atoms with Crippen LogP contribution in [-0.4, -0.2) is 49.1 Å². The zero-order valence-corrected chi connectivity index (χ0v) is 18.7. The molecule has 1 amide bonds. The summed E-state index contributed by atoms with van der Waals surface area (Å²) in [5, 5.41) is 0.839. The maximum atomic E-state index is 13.0. The number of thiophene rings is 1. The molecule has 8 heteroatoms. The first-order valence-corrected chi connectivity index (χ1v) is 11.4. The number of carbonyl (C=O) groups is 1. The first kappa shape index (κ1) is 20.3. The van der Waals surface area contributed by atoms with Crippen LogP contribution in [0.2, 0.25) is 4.34 Å². The summed E-state index contributed by atoms with van der Waals surface area (Å²) in [7, 11) is 1.83. The van der Waals surface area contributed by atoms with Gasteiger partial charge < -0.3 is 14.5 Å². The number of hydrogen-bond acceptors (Lipinski definition) is 6. The number of nitrogens with zero attached hydrogens (tertiary/aromatic N) is 3. The molecule has 0 aliphatic carbocycles. The van der Waals surface area contributed by atoms with Crippen molar-refractivity contribution in [2.75, 3.05) is 38.3 Å². The van der Waals surface area contributed by atoms with E-state index in [0.717, 1.165) is 51.8 Å². The number of amides is 1. The van der Waals surface area contributed by atoms with Gasteiger partial charge in [0.2, 0.25) is 0 Å². The number of rotatable bonds is 5. The van der Waals surface area contributed by atoms with Crippen molar-refractivity contribution in [1.82, 2.24) is 9.88 Å². The number of anilines is 1. The third-order valence-corrected chi connectivity index (χ3v) is 7.40. The minimum atomic E-state index is -0.00819. The van der Waals surface area contributed by atoms with Gasteiger partial charge in [-0.2, -0.15) is 0 Å². The number of halogens is 1. The Bertz CT molecular complexity index is 994. The number of thiazole rings is 1. The van der Waals surface area contributed by atoms with Gasteiger partial charge >= 0.3 is 0 Å². The van der Waals surface area contributed by atoms with E-state index >= 15 is 0 Å². The van der Waals surface area contributed by atoms with Crippen molar-refractivity contribution in [3.05, 3.63) is 56.9 Å². The van der Waals surface area contributed by atoms with Crippen LogP contribution in [0.3, 0.4) is 0 Å². The van der Waals surface area contributed by atoms with Gasteiger partial charge in [0.1, 0.15) is 9.88 Å². The topological polar surface area (TPSA) is 45.7 Å². The molecule has 29 heavy (non-hydrogen) atoms. The molecule has 1 aromatic carbocycles. The van der Waals surface area contributed by atoms with Crippen molar-refractivity contribution >= 4 is 45.9 Å². The average Bonchev–Trinajstić information content (AvgIpc) is 3.34. The second-order valence-corrected chi connectivity index (χ2v) is 9.68. The van der Waals surface area contributed by atoms with Crippen molar-refractivity contribution in [3.8, 4) is 9.88 Å². The van der Waals surface area contributed by atoms with Crippen molar-refractivity contribution in [2.24, 2.45) is 0 Å². The molecule has 0 N–H and O–H groups in total. The molecular weight excluding hydrogens is 426 g/mol. The van der Waals surface area contributed by atoms with Crippen LogP contribution in [0.1, 0.15) is 20.9 Å². The second kappa shape index (κ2) is 8.83. The third kappa shape index (κ3) is 4.64. The van der Waals surface area contributed by atoms with Crippen molar-refractivity contribution in [2.45, 2.75) is 13.5 Å². The Morgan fingerprint density at radius 3 is 2.55 bits per heavy atom. The normalized spacial score (nSPS) is 14.2. The summed E-state index contributed by atoms with van der Waals surface area (Å²) in [5.41, 5.74) is 3.06. The van der Waals surface area contributed by atoms with E-state index in [0.29, 0.717) is 11.4 Å². The van der Waals surface area contributed by atoms with Crippen LogP contribution >= 0.6 is 34.3 Å². The minimum Gasteiger partial charge on any atom is -0.378 e. The van der Waals surface area contributed by atoms with E-state index in [1.807, 2.05) is 26.1 Å². The molecule has 0 spiro atoms. The number of benzene rings is 1. The van der Waals surface area contributed by atoms with E-state index in [1.54, 1.807) is 4.90 Å². The fourth-order valence-corrected chi connectivity index (χ4v) is 5.44. The Morgan fingerprint density at radius 2 is 1.90 bits per heavy atom. The maximum Gasteiger partial charge on any atom is 0.265 e. The Hall–Kier alpha value is -1.93. The summed E-state index contributed by atoms with van der Waals surface area (Å²) >= 11 is 8.93. The van der Waals surface area contributed by atoms with Gasteiger partial charge in [-0.05, 0) is 36.8 Å². The molecule has 2 aromatic heterocycles. The lowest BCUT2D eigenvalue weighted by molar-refractivity contribution is 0.0789. The Labute approximate surface area is 183 Å². The van der Waals surface area contributed by atoms with E-state index in [9.17, 15) is 4.79 Å². The molecular formula is C21H22ClN3O2S2. The highest BCUT2D eigenvalue weighted by molar-refractivity contribution is 7.24. The predicted octanol–water partition coefficient (Wildman–Crippen LogP) is 4.94. The van der Waals surface area contributed by atoms with Crippen molar-refractivity contribution in [3.63, 3.8) is 0 Å². The van der Waals surface area contributed by atoms with Crippen LogP contribution in [0, 0.1) is 6.92 Å². The number of aromatic nitrogens is 1. The number of ether oxygens (including phenoxy) is 1. The lowest BCUT2D eigenvalue weighted by Crippen LogP contribution is -2.36. The van der Waals surface area contributed by atoms with Gasteiger partial charge in [0, 0.05) is 32.4 Å². The Morgan fingerprint density at radius 1 is 1.17 bits per heavy atom. The molecule has 0 bridgehead atoms. The zero-order chi connectivity index (χ0) is 20.4. The largest absolute Gasteiger partial charge is 0.378 e. The molecule has 0 unspecified atom stereocenters. The highest BCUT2D eigenvalue weighted by atomic mass is 35.5. The van der Waals surface area contributed by atoms with Crippen molar-refractivity contribution in [1.29, 1.82) is 0 Å². The van der Waals surface area contributed by atoms with Gasteiger partial charge in [-0.25, -0.2) is 4.98 Å². The quantitative estimate of drug-likeness (QED) is 0.555. The fraction of sp³-hybridized carbons (Fsp3) is 0.333. The molecule has 5 nitrogen and oxygen atoms in total. The highest BCUT2D eigenvalue weighted by Gasteiger charge is 2.20. The summed E-state index contributed by atoms with van der Waals surface area (Å²) in [6.45, 7) is 5.81. The smallest absolute Gasteiger partial charge is 0.265 e. The molecule has 3 aromatic rings. The van der Waals surface area contributed by atoms with Gasteiger partial charge in [-0.1, -0.05) is 23.7 Å². The molecule has 1 aliphatic rings. The summed E-state index contributed by atoms with van der Waals surface area (Å²) in [6.07, 6.45) is 0. The van der Waals surface area contributed by atoms with Gasteiger partial charge in [0.05, 0.1) is 28.1 Å². The molecule has 3 heterocycles. The van der Waals surface area contributed by atoms with Crippen LogP contribution in [0.15, 0.2) is 36.4 Å². The number of hydrogen-bond donors (Lipinski definition) is 0. The van der Waals surface area contributed by atoms with E-state index in [4.69, 9.17) is 16.3 Å². The zero-order valence-electron chi connectivity index (χ0n) is 16.4. The molecule has 0 radical (unpaired) electrons. The first-order valence-electron chi connectivity index (χ1n) is 9.41. The third-order valence-electron chi connectivity index (χ3n) is 4.85. The van der Waals surface area contributed by atoms with Gasteiger partial charge in [0.25, 0.3) is 5.91 Å². The number of aryl methyl sites for hydroxylation is 1. The molecule has 1 saturated heterocycles. The molecule has 1 fully saturated rings. The van der Waals surface area contributed by atoms with Gasteiger partial charge in [-0.3, -0.25) is 4.79 Å². The molecule has 4 rings (SSSR count). The summed E-state index contributed by atoms with van der Waals surface area (Å²) in [4.78, 5) is 23.3. The standard InChI is InChI=1S/C21H22ClN3O2S2/c1-14-19(29-20(23-14)17-7-8-18(22)28-17)21(26)24(2)13-15-3-5-16(6-4-15)25-9-11-27-12-10-25/h3-8H,9-13H2,1-2H3. The highest BCUT2D eigenvalue weighted by Crippen LogP contribution is 2.35. The van der Waals surface area contributed by atoms with Crippen LogP contribution in [0.25, 0.3) is 9.88 Å². The second-order valence-electron chi connectivity index (χ2n) is 6.96. The van der Waals surface area contributed by atoms with Crippen LogP contribution in [-0.2, 0) is 11.3 Å². The SMILES string of the molecule is Cc1nc(-c2ccc(Cl)s2)sc1C(=O)N(C)Cc1ccc(N2CCOCC2)cc1. The number of morpholine rings is 1.